The van der Waals surface area contributed by atoms with E-state index in [-0.39, 0.29) is 23.3 Å². The molecular weight excluding hydrogens is 414 g/mol. The molecule has 0 aliphatic carbocycles. The molecule has 0 N–H and O–H groups in total. The minimum absolute atomic E-state index is 0.0614. The summed E-state index contributed by atoms with van der Waals surface area (Å²) in [5.74, 6) is 0.410. The molecule has 1 fully saturated rings. The summed E-state index contributed by atoms with van der Waals surface area (Å²) in [5, 5.41) is 1.26. The van der Waals surface area contributed by atoms with Crippen LogP contribution in [0.4, 0.5) is 0 Å². The quantitative estimate of drug-likeness (QED) is 0.428. The number of thioether (sulfide) groups is 1. The molecule has 30 heavy (non-hydrogen) atoms. The van der Waals surface area contributed by atoms with E-state index >= 15 is 0 Å². The number of fused-ring (bicyclic) bond motifs is 1. The summed E-state index contributed by atoms with van der Waals surface area (Å²) in [6.45, 7) is 8.94. The molecule has 4 rings (SSSR count). The number of hydrogen-bond acceptors (Lipinski definition) is 5. The number of carbonyl (C=O) groups is 1. The number of thiophene rings is 1. The highest BCUT2D eigenvalue weighted by molar-refractivity contribution is 7.99. The zero-order valence-corrected chi connectivity index (χ0v) is 19.5. The third-order valence-corrected chi connectivity index (χ3v) is 7.90. The van der Waals surface area contributed by atoms with E-state index in [4.69, 9.17) is 4.98 Å². The van der Waals surface area contributed by atoms with Crippen molar-refractivity contribution in [2.24, 2.45) is 0 Å². The first-order chi connectivity index (χ1) is 14.4. The zero-order chi connectivity index (χ0) is 21.4. The minimum Gasteiger partial charge on any atom is -0.339 e. The van der Waals surface area contributed by atoms with Crippen molar-refractivity contribution < 1.29 is 4.79 Å². The molecule has 0 bridgehead atoms. The van der Waals surface area contributed by atoms with Crippen LogP contribution in [-0.4, -0.2) is 38.7 Å². The third-order valence-electron chi connectivity index (χ3n) is 5.88. The maximum atomic E-state index is 13.5. The molecule has 1 atom stereocenters. The summed E-state index contributed by atoms with van der Waals surface area (Å²) in [6.07, 6.45) is 3.30. The number of nitrogens with zero attached hydrogens (tertiary/aromatic N) is 3. The van der Waals surface area contributed by atoms with Gasteiger partial charge in [0.1, 0.15) is 4.83 Å². The van der Waals surface area contributed by atoms with Gasteiger partial charge in [-0.3, -0.25) is 14.2 Å². The van der Waals surface area contributed by atoms with Crippen LogP contribution in [0.2, 0.25) is 0 Å². The van der Waals surface area contributed by atoms with Gasteiger partial charge in [-0.15, -0.1) is 11.3 Å². The lowest BCUT2D eigenvalue weighted by Gasteiger charge is -2.33. The molecule has 1 aliphatic rings. The summed E-state index contributed by atoms with van der Waals surface area (Å²) >= 11 is 2.91. The van der Waals surface area contributed by atoms with E-state index in [9.17, 15) is 9.59 Å². The molecule has 0 unspecified atom stereocenters. The minimum atomic E-state index is -0.0614. The van der Waals surface area contributed by atoms with Crippen molar-refractivity contribution in [3.63, 3.8) is 0 Å². The van der Waals surface area contributed by atoms with E-state index in [0.717, 1.165) is 45.9 Å². The second-order valence-corrected chi connectivity index (χ2v) is 10.2. The van der Waals surface area contributed by atoms with Crippen molar-refractivity contribution in [1.29, 1.82) is 0 Å². The molecule has 0 spiro atoms. The lowest BCUT2D eigenvalue weighted by Crippen LogP contribution is -2.43. The average molecular weight is 442 g/mol. The molecule has 1 aliphatic heterocycles. The van der Waals surface area contributed by atoms with Crippen LogP contribution in [0.1, 0.15) is 42.2 Å². The smallest absolute Gasteiger partial charge is 0.267 e. The van der Waals surface area contributed by atoms with Gasteiger partial charge in [0.05, 0.1) is 16.8 Å². The molecule has 1 saturated heterocycles. The SMILES string of the molecule is Cc1cccc(-n2c(SCC(=O)N3CCCC[C@@H]3C)nc3sc(C)c(C)c3c2=O)c1. The van der Waals surface area contributed by atoms with Crippen LogP contribution in [0.15, 0.2) is 34.2 Å². The Hall–Kier alpha value is -2.12. The first-order valence-electron chi connectivity index (χ1n) is 10.4. The standard InChI is InChI=1S/C23H27N3O2S2/c1-14-8-7-10-18(12-14)26-22(28)20-16(3)17(4)30-21(20)24-23(26)29-13-19(27)25-11-6-5-9-15(25)2/h7-8,10,12,15H,5-6,9,11,13H2,1-4H3/t15-/m0/s1. The summed E-state index contributed by atoms with van der Waals surface area (Å²) in [4.78, 5) is 35.1. The van der Waals surface area contributed by atoms with Crippen LogP contribution in [0.25, 0.3) is 15.9 Å². The van der Waals surface area contributed by atoms with Crippen LogP contribution < -0.4 is 5.56 Å². The van der Waals surface area contributed by atoms with Crippen molar-refractivity contribution in [2.75, 3.05) is 12.3 Å². The van der Waals surface area contributed by atoms with Gasteiger partial charge in [0, 0.05) is 17.5 Å². The Balaban J connectivity index is 1.75. The largest absolute Gasteiger partial charge is 0.339 e. The summed E-state index contributed by atoms with van der Waals surface area (Å²) in [7, 11) is 0. The molecule has 158 valence electrons. The van der Waals surface area contributed by atoms with Crippen molar-refractivity contribution in [1.82, 2.24) is 14.5 Å². The number of amides is 1. The average Bonchev–Trinajstić information content (AvgIpc) is 3.00. The maximum absolute atomic E-state index is 13.5. The zero-order valence-electron chi connectivity index (χ0n) is 17.9. The van der Waals surface area contributed by atoms with E-state index in [1.54, 1.807) is 15.9 Å². The number of aromatic nitrogens is 2. The van der Waals surface area contributed by atoms with Gasteiger partial charge in [0.15, 0.2) is 5.16 Å². The van der Waals surface area contributed by atoms with Gasteiger partial charge in [0.25, 0.3) is 5.56 Å². The molecule has 5 nitrogen and oxygen atoms in total. The second kappa shape index (κ2) is 8.55. The normalized spacial score (nSPS) is 16.9. The van der Waals surface area contributed by atoms with E-state index in [2.05, 4.69) is 6.92 Å². The van der Waals surface area contributed by atoms with Gasteiger partial charge >= 0.3 is 0 Å². The monoisotopic (exact) mass is 441 g/mol. The number of rotatable bonds is 4. The Kier molecular flexibility index (Phi) is 6.02. The number of carbonyl (C=O) groups excluding carboxylic acids is 1. The van der Waals surface area contributed by atoms with Crippen LogP contribution in [-0.2, 0) is 4.79 Å². The maximum Gasteiger partial charge on any atom is 0.267 e. The third kappa shape index (κ3) is 3.93. The Morgan fingerprint density at radius 2 is 2.07 bits per heavy atom. The first kappa shape index (κ1) is 21.1. The van der Waals surface area contributed by atoms with Crippen LogP contribution in [0, 0.1) is 20.8 Å². The van der Waals surface area contributed by atoms with Crippen LogP contribution in [0.5, 0.6) is 0 Å². The van der Waals surface area contributed by atoms with Crippen molar-refractivity contribution >= 4 is 39.2 Å². The molecule has 3 heterocycles. The molecule has 0 radical (unpaired) electrons. The fourth-order valence-electron chi connectivity index (χ4n) is 4.04. The molecule has 3 aromatic rings. The highest BCUT2D eigenvalue weighted by Crippen LogP contribution is 2.30. The summed E-state index contributed by atoms with van der Waals surface area (Å²) in [6, 6.07) is 8.15. The summed E-state index contributed by atoms with van der Waals surface area (Å²) < 4.78 is 1.67. The van der Waals surface area contributed by atoms with E-state index in [1.165, 1.54) is 18.2 Å². The lowest BCUT2D eigenvalue weighted by atomic mass is 10.0. The number of aryl methyl sites for hydroxylation is 3. The Bertz CT molecular complexity index is 1170. The van der Waals surface area contributed by atoms with E-state index < -0.39 is 0 Å². The second-order valence-electron chi connectivity index (χ2n) is 8.06. The van der Waals surface area contributed by atoms with E-state index in [1.807, 2.05) is 49.9 Å². The fourth-order valence-corrected chi connectivity index (χ4v) is 6.01. The Morgan fingerprint density at radius 3 is 2.80 bits per heavy atom. The Morgan fingerprint density at radius 1 is 1.27 bits per heavy atom. The molecule has 7 heteroatoms. The molecular formula is C23H27N3O2S2. The topological polar surface area (TPSA) is 55.2 Å². The first-order valence-corrected chi connectivity index (χ1v) is 12.2. The van der Waals surface area contributed by atoms with Gasteiger partial charge in [-0.2, -0.15) is 0 Å². The lowest BCUT2D eigenvalue weighted by molar-refractivity contribution is -0.131. The fraction of sp³-hybridized carbons (Fsp3) is 0.435. The van der Waals surface area contributed by atoms with Gasteiger partial charge in [-0.05, 0) is 70.2 Å². The van der Waals surface area contributed by atoms with Gasteiger partial charge in [-0.1, -0.05) is 23.9 Å². The van der Waals surface area contributed by atoms with E-state index in [0.29, 0.717) is 10.5 Å². The van der Waals surface area contributed by atoms with Crippen molar-refractivity contribution in [3.05, 3.63) is 50.6 Å². The van der Waals surface area contributed by atoms with Crippen molar-refractivity contribution in [2.45, 2.75) is 58.2 Å². The highest BCUT2D eigenvalue weighted by atomic mass is 32.2. The molecule has 1 aromatic carbocycles. The highest BCUT2D eigenvalue weighted by Gasteiger charge is 2.24. The molecule has 2 aromatic heterocycles. The predicted octanol–water partition coefficient (Wildman–Crippen LogP) is 4.87. The summed E-state index contributed by atoms with van der Waals surface area (Å²) in [5.41, 5.74) is 2.79. The van der Waals surface area contributed by atoms with Gasteiger partial charge in [0.2, 0.25) is 5.91 Å². The molecule has 1 amide bonds. The predicted molar refractivity (Wildman–Crippen MR) is 125 cm³/mol. The number of likely N-dealkylation sites (tertiary alicyclic amines) is 1. The molecule has 0 saturated carbocycles. The van der Waals surface area contributed by atoms with Crippen LogP contribution in [0.3, 0.4) is 0 Å². The van der Waals surface area contributed by atoms with Gasteiger partial charge in [-0.25, -0.2) is 4.98 Å². The Labute approximate surface area is 185 Å². The van der Waals surface area contributed by atoms with Gasteiger partial charge < -0.3 is 4.90 Å². The number of benzene rings is 1. The van der Waals surface area contributed by atoms with Crippen molar-refractivity contribution in [3.8, 4) is 5.69 Å². The number of hydrogen-bond donors (Lipinski definition) is 0. The van der Waals surface area contributed by atoms with Crippen LogP contribution >= 0.6 is 23.1 Å². The number of piperidine rings is 1.